The van der Waals surface area contributed by atoms with Gasteiger partial charge < -0.3 is 10.6 Å². The van der Waals surface area contributed by atoms with Crippen molar-refractivity contribution < 1.29 is 57.8 Å². The molecule has 0 aliphatic carbocycles. The van der Waals surface area contributed by atoms with Gasteiger partial charge in [0, 0.05) is 11.0 Å². The van der Waals surface area contributed by atoms with Gasteiger partial charge in [0.1, 0.15) is 5.69 Å². The number of nitro groups is 1. The number of carbonyl (C=O) groups is 1. The third-order valence-corrected chi connectivity index (χ3v) is 6.34. The van der Waals surface area contributed by atoms with Gasteiger partial charge in [-0.2, -0.15) is 43.9 Å². The van der Waals surface area contributed by atoms with Gasteiger partial charge >= 0.3 is 22.9 Å². The first-order valence-corrected chi connectivity index (χ1v) is 11.2. The molecule has 0 aliphatic heterocycles. The Balaban J connectivity index is 2.20. The Kier molecular flexibility index (Phi) is 8.73. The second-order valence-corrected chi connectivity index (χ2v) is 9.37. The summed E-state index contributed by atoms with van der Waals surface area (Å²) in [6.07, 6.45) is -6.58. The van der Waals surface area contributed by atoms with E-state index in [2.05, 4.69) is 5.32 Å². The van der Waals surface area contributed by atoms with Crippen molar-refractivity contribution in [2.75, 3.05) is 17.2 Å². The number of thioether (sulfide) groups is 1. The van der Waals surface area contributed by atoms with Crippen LogP contribution in [0.5, 0.6) is 0 Å². The van der Waals surface area contributed by atoms with Crippen molar-refractivity contribution in [3.05, 3.63) is 52.6 Å². The first-order chi connectivity index (χ1) is 16.8. The van der Waals surface area contributed by atoms with E-state index in [1.807, 2.05) is 5.32 Å². The number of rotatable bonds is 9. The third-order valence-electron chi connectivity index (χ3n) is 4.15. The summed E-state index contributed by atoms with van der Waals surface area (Å²) < 4.78 is 140. The number of alkyl halides is 10. The minimum absolute atomic E-state index is 0.346. The molecule has 2 N–H and O–H groups in total. The zero-order valence-electron chi connectivity index (χ0n) is 17.4. The van der Waals surface area contributed by atoms with Crippen molar-refractivity contribution in [3.63, 3.8) is 0 Å². The Morgan fingerprint density at radius 3 is 2.08 bits per heavy atom. The van der Waals surface area contributed by atoms with Crippen LogP contribution in [0, 0.1) is 10.1 Å². The van der Waals surface area contributed by atoms with Gasteiger partial charge in [0.2, 0.25) is 5.91 Å². The van der Waals surface area contributed by atoms with Crippen LogP contribution in [0.3, 0.4) is 0 Å². The van der Waals surface area contributed by atoms with E-state index >= 15 is 0 Å². The number of carbonyl (C=O) groups excluding carboxylic acids is 1. The van der Waals surface area contributed by atoms with E-state index in [9.17, 15) is 63.0 Å². The van der Waals surface area contributed by atoms with E-state index in [1.54, 1.807) is 0 Å². The lowest BCUT2D eigenvalue weighted by molar-refractivity contribution is -0.384. The summed E-state index contributed by atoms with van der Waals surface area (Å²) in [5, 5.41) is 9.62. The predicted octanol–water partition coefficient (Wildman–Crippen LogP) is 6.16. The normalized spacial score (nSPS) is 13.7. The number of anilines is 2. The Bertz CT molecular complexity index is 1210. The van der Waals surface area contributed by atoms with E-state index in [0.29, 0.717) is 18.2 Å². The molecule has 37 heavy (non-hydrogen) atoms. The maximum absolute atomic E-state index is 13.8. The second kappa shape index (κ2) is 10.7. The Hall–Kier alpha value is -3.09. The molecule has 0 saturated carbocycles. The van der Waals surface area contributed by atoms with Crippen molar-refractivity contribution >= 4 is 45.5 Å². The van der Waals surface area contributed by atoms with Crippen LogP contribution >= 0.6 is 11.8 Å². The molecule has 7 nitrogen and oxygen atoms in total. The molecule has 2 aromatic carbocycles. The van der Waals surface area contributed by atoms with Crippen molar-refractivity contribution in [3.8, 4) is 0 Å². The molecule has 0 unspecified atom stereocenters. The van der Waals surface area contributed by atoms with Crippen LogP contribution in [-0.4, -0.2) is 44.4 Å². The summed E-state index contributed by atoms with van der Waals surface area (Å²) in [5.41, 5.74) is -7.34. The lowest BCUT2D eigenvalue weighted by atomic mass is 10.2. The minimum Gasteiger partial charge on any atom is -0.371 e. The molecule has 0 aliphatic rings. The average Bonchev–Trinajstić information content (AvgIpc) is 2.76. The summed E-state index contributed by atoms with van der Waals surface area (Å²) in [7, 11) is -3.60. The quantitative estimate of drug-likeness (QED) is 0.158. The Morgan fingerprint density at radius 1 is 0.946 bits per heavy atom. The molecule has 2 rings (SSSR count). The summed E-state index contributed by atoms with van der Waals surface area (Å²) in [6.45, 7) is -0.892. The highest BCUT2D eigenvalue weighted by molar-refractivity contribution is 8.00. The fraction of sp³-hybridized carbons (Fsp3) is 0.278. The van der Waals surface area contributed by atoms with Crippen molar-refractivity contribution in [1.29, 1.82) is 0 Å². The van der Waals surface area contributed by atoms with Crippen molar-refractivity contribution in [1.82, 2.24) is 0 Å². The molecule has 0 heterocycles. The van der Waals surface area contributed by atoms with E-state index < -0.39 is 89.7 Å². The number of benzene rings is 2. The highest BCUT2D eigenvalue weighted by atomic mass is 32.2. The summed E-state index contributed by atoms with van der Waals surface area (Å²) in [5.74, 6) is -7.58. The fourth-order valence-corrected chi connectivity index (χ4v) is 4.03. The number of amides is 1. The molecule has 0 bridgehead atoms. The van der Waals surface area contributed by atoms with Crippen LogP contribution in [0.1, 0.15) is 0 Å². The monoisotopic (exact) mass is 587 g/mol. The molecule has 204 valence electrons. The largest absolute Gasteiger partial charge is 0.475 e. The average molecular weight is 587 g/mol. The zero-order chi connectivity index (χ0) is 28.4. The highest BCUT2D eigenvalue weighted by Gasteiger charge is 2.73. The number of nitrogens with one attached hydrogen (secondary N) is 2. The van der Waals surface area contributed by atoms with Gasteiger partial charge in [-0.15, -0.1) is 0 Å². The topological polar surface area (TPSA) is 101 Å². The number of hydrogen-bond donors (Lipinski definition) is 2. The van der Waals surface area contributed by atoms with Gasteiger partial charge in [-0.3, -0.25) is 14.9 Å². The van der Waals surface area contributed by atoms with Gasteiger partial charge in [0.05, 0.1) is 22.1 Å². The first-order valence-electron chi connectivity index (χ1n) is 9.19. The molecule has 19 heteroatoms. The summed E-state index contributed by atoms with van der Waals surface area (Å²) in [4.78, 5) is 20.4. The van der Waals surface area contributed by atoms with E-state index in [4.69, 9.17) is 0 Å². The molecule has 0 fully saturated rings. The molecule has 0 spiro atoms. The number of halogens is 10. The SMILES string of the molecule is O=C(CNc1ccc([S@@](=O)C(F)(F)F)cc1[N+](=O)[O-])Nc1ccccc1SC(F)(F)C(F)(F)C(F)(F)F. The van der Waals surface area contributed by atoms with Crippen LogP contribution in [-0.2, 0) is 15.6 Å². The van der Waals surface area contributed by atoms with Crippen LogP contribution < -0.4 is 10.6 Å². The number of para-hydroxylation sites is 1. The van der Waals surface area contributed by atoms with Gasteiger partial charge in [-0.1, -0.05) is 12.1 Å². The number of nitro benzene ring substituents is 1. The van der Waals surface area contributed by atoms with Crippen LogP contribution in [0.4, 0.5) is 61.0 Å². The molecule has 0 aromatic heterocycles. The predicted molar refractivity (Wildman–Crippen MR) is 111 cm³/mol. The van der Waals surface area contributed by atoms with Crippen LogP contribution in [0.15, 0.2) is 52.3 Å². The smallest absolute Gasteiger partial charge is 0.371 e. The molecular formula is C18H11F10N3O4S2. The highest BCUT2D eigenvalue weighted by Crippen LogP contribution is 2.54. The lowest BCUT2D eigenvalue weighted by Crippen LogP contribution is -2.49. The lowest BCUT2D eigenvalue weighted by Gasteiger charge is -2.28. The third kappa shape index (κ3) is 7.02. The number of hydrogen-bond acceptors (Lipinski definition) is 6. The van der Waals surface area contributed by atoms with E-state index in [-0.39, 0.29) is 0 Å². The van der Waals surface area contributed by atoms with E-state index in [1.165, 1.54) is 0 Å². The molecule has 1 amide bonds. The molecule has 0 radical (unpaired) electrons. The standard InChI is InChI=1S/C18H11F10N3O4S2/c19-15(20,16(21,22)23)17(24,25)36-13-4-2-1-3-11(13)30-14(32)8-29-10-6-5-9(7-12(10)31(33)34)37(35)18(26,27)28/h1-7,29H,8H2,(H,30,32)/t37-/m1/s1. The Morgan fingerprint density at radius 2 is 1.54 bits per heavy atom. The molecule has 2 aromatic rings. The zero-order valence-corrected chi connectivity index (χ0v) is 19.1. The van der Waals surface area contributed by atoms with Crippen molar-refractivity contribution in [2.45, 2.75) is 32.7 Å². The summed E-state index contributed by atoms with van der Waals surface area (Å²) in [6, 6.07) is 5.44. The van der Waals surface area contributed by atoms with Gasteiger partial charge in [0.15, 0.2) is 10.8 Å². The van der Waals surface area contributed by atoms with E-state index in [0.717, 1.165) is 24.3 Å². The van der Waals surface area contributed by atoms with Crippen LogP contribution in [0.25, 0.3) is 0 Å². The van der Waals surface area contributed by atoms with Gasteiger partial charge in [0.25, 0.3) is 5.69 Å². The maximum atomic E-state index is 13.8. The Labute approximate surface area is 206 Å². The second-order valence-electron chi connectivity index (χ2n) is 6.74. The molecule has 1 atom stereocenters. The minimum atomic E-state index is -6.58. The van der Waals surface area contributed by atoms with Crippen molar-refractivity contribution in [2.24, 2.45) is 0 Å². The number of nitrogens with zero attached hydrogens (tertiary/aromatic N) is 1. The fourth-order valence-electron chi connectivity index (χ4n) is 2.46. The maximum Gasteiger partial charge on any atom is 0.475 e. The van der Waals surface area contributed by atoms with Gasteiger partial charge in [-0.05, 0) is 36.0 Å². The first kappa shape index (κ1) is 30.1. The van der Waals surface area contributed by atoms with Crippen LogP contribution in [0.2, 0.25) is 0 Å². The van der Waals surface area contributed by atoms with Gasteiger partial charge in [-0.25, -0.2) is 4.21 Å². The summed E-state index contributed by atoms with van der Waals surface area (Å²) >= 11 is -1.17. The molecule has 0 saturated heterocycles. The molecular weight excluding hydrogens is 576 g/mol.